The number of nitrogens with zero attached hydrogens (tertiary/aromatic N) is 3. The quantitative estimate of drug-likeness (QED) is 0.674. The Morgan fingerprint density at radius 3 is 2.36 bits per heavy atom. The molecule has 6 heteroatoms. The maximum Gasteiger partial charge on any atom is 0.274 e. The first-order valence-corrected chi connectivity index (χ1v) is 7.12. The molecule has 0 atom stereocenters. The molecule has 0 aliphatic rings. The van der Waals surface area contributed by atoms with E-state index in [1.807, 2.05) is 58.9 Å². The van der Waals surface area contributed by atoms with Gasteiger partial charge in [0.2, 0.25) is 5.95 Å². The van der Waals surface area contributed by atoms with Crippen LogP contribution in [0.1, 0.15) is 44.5 Å². The second-order valence-electron chi connectivity index (χ2n) is 6.28. The molecule has 0 bridgehead atoms. The van der Waals surface area contributed by atoms with Crippen molar-refractivity contribution in [2.45, 2.75) is 40.0 Å². The monoisotopic (exact) mass is 299 g/mol. The van der Waals surface area contributed by atoms with Crippen LogP contribution in [0.4, 0.5) is 5.95 Å². The molecule has 0 spiro atoms. The third kappa shape index (κ3) is 3.78. The lowest BCUT2D eigenvalue weighted by Gasteiger charge is -2.15. The Kier molecular flexibility index (Phi) is 4.40. The SMILES string of the molecule is C/C(=N/Nc1nnc(C(C)(C)C)c(=O)[nH]1)c1ccc(C)cc1. The summed E-state index contributed by atoms with van der Waals surface area (Å²) in [5, 5.41) is 12.2. The van der Waals surface area contributed by atoms with Gasteiger partial charge in [0.1, 0.15) is 5.69 Å². The first-order chi connectivity index (χ1) is 10.3. The zero-order valence-electron chi connectivity index (χ0n) is 13.6. The molecule has 0 unspecified atom stereocenters. The highest BCUT2D eigenvalue weighted by Gasteiger charge is 2.20. The molecule has 2 aromatic rings. The van der Waals surface area contributed by atoms with E-state index in [4.69, 9.17) is 0 Å². The van der Waals surface area contributed by atoms with E-state index in [0.717, 1.165) is 11.3 Å². The van der Waals surface area contributed by atoms with Gasteiger partial charge in [-0.15, -0.1) is 10.2 Å². The van der Waals surface area contributed by atoms with Crippen LogP contribution in [0.3, 0.4) is 0 Å². The Morgan fingerprint density at radius 2 is 1.82 bits per heavy atom. The Morgan fingerprint density at radius 1 is 1.18 bits per heavy atom. The van der Waals surface area contributed by atoms with E-state index in [9.17, 15) is 4.79 Å². The lowest BCUT2D eigenvalue weighted by molar-refractivity contribution is 0.547. The summed E-state index contributed by atoms with van der Waals surface area (Å²) in [5.41, 5.74) is 5.52. The number of aromatic amines is 1. The summed E-state index contributed by atoms with van der Waals surface area (Å²) in [6, 6.07) is 8.03. The van der Waals surface area contributed by atoms with Crippen molar-refractivity contribution in [2.75, 3.05) is 5.43 Å². The molecule has 6 nitrogen and oxygen atoms in total. The molecular weight excluding hydrogens is 278 g/mol. The average Bonchev–Trinajstić information content (AvgIpc) is 2.44. The number of benzene rings is 1. The Bertz CT molecular complexity index is 738. The Hall–Kier alpha value is -2.50. The zero-order chi connectivity index (χ0) is 16.3. The summed E-state index contributed by atoms with van der Waals surface area (Å²) in [4.78, 5) is 14.6. The van der Waals surface area contributed by atoms with Crippen LogP contribution in [0.2, 0.25) is 0 Å². The largest absolute Gasteiger partial charge is 0.288 e. The van der Waals surface area contributed by atoms with Crippen LogP contribution in [-0.4, -0.2) is 20.9 Å². The predicted octanol–water partition coefficient (Wildman–Crippen LogP) is 2.61. The lowest BCUT2D eigenvalue weighted by Crippen LogP contribution is -2.28. The number of H-pyrrole nitrogens is 1. The fourth-order valence-electron chi connectivity index (χ4n) is 1.87. The highest BCUT2D eigenvalue weighted by atomic mass is 16.1. The molecule has 0 saturated heterocycles. The minimum absolute atomic E-state index is 0.226. The number of aryl methyl sites for hydroxylation is 1. The van der Waals surface area contributed by atoms with Gasteiger partial charge < -0.3 is 0 Å². The van der Waals surface area contributed by atoms with Crippen molar-refractivity contribution >= 4 is 11.7 Å². The molecule has 0 aliphatic heterocycles. The predicted molar refractivity (Wildman–Crippen MR) is 88.4 cm³/mol. The average molecular weight is 299 g/mol. The van der Waals surface area contributed by atoms with Gasteiger partial charge in [0.15, 0.2) is 0 Å². The molecule has 1 aromatic heterocycles. The first kappa shape index (κ1) is 15.9. The number of anilines is 1. The van der Waals surface area contributed by atoms with E-state index >= 15 is 0 Å². The molecule has 1 aromatic carbocycles. The lowest BCUT2D eigenvalue weighted by atomic mass is 9.93. The van der Waals surface area contributed by atoms with E-state index in [-0.39, 0.29) is 16.9 Å². The number of hydrogen-bond acceptors (Lipinski definition) is 5. The highest BCUT2D eigenvalue weighted by molar-refractivity contribution is 5.99. The van der Waals surface area contributed by atoms with Crippen molar-refractivity contribution in [3.05, 3.63) is 51.4 Å². The Balaban J connectivity index is 2.18. The standard InChI is InChI=1S/C16H21N5O/c1-10-6-8-12(9-7-10)11(2)18-20-15-17-14(22)13(19-21-15)16(3,4)5/h6-9H,1-5H3,(H2,17,20,21,22)/b18-11-. The summed E-state index contributed by atoms with van der Waals surface area (Å²) in [6.45, 7) is 9.66. The van der Waals surface area contributed by atoms with Gasteiger partial charge in [-0.2, -0.15) is 5.10 Å². The van der Waals surface area contributed by atoms with E-state index < -0.39 is 0 Å². The molecule has 1 heterocycles. The number of nitrogens with one attached hydrogen (secondary N) is 2. The minimum Gasteiger partial charge on any atom is -0.288 e. The van der Waals surface area contributed by atoms with E-state index in [0.29, 0.717) is 5.69 Å². The smallest absolute Gasteiger partial charge is 0.274 e. The maximum absolute atomic E-state index is 12.0. The fraction of sp³-hybridized carbons (Fsp3) is 0.375. The summed E-state index contributed by atoms with van der Waals surface area (Å²) in [7, 11) is 0. The van der Waals surface area contributed by atoms with Crippen LogP contribution in [0.25, 0.3) is 0 Å². The maximum atomic E-state index is 12.0. The van der Waals surface area contributed by atoms with E-state index in [2.05, 4.69) is 25.7 Å². The molecule has 0 aliphatic carbocycles. The third-order valence-corrected chi connectivity index (χ3v) is 3.21. The van der Waals surface area contributed by atoms with Gasteiger partial charge in [0.25, 0.3) is 5.56 Å². The first-order valence-electron chi connectivity index (χ1n) is 7.12. The Labute approximate surface area is 129 Å². The summed E-state index contributed by atoms with van der Waals surface area (Å²) in [6.07, 6.45) is 0. The van der Waals surface area contributed by atoms with Crippen LogP contribution in [0.15, 0.2) is 34.2 Å². The molecule has 116 valence electrons. The normalized spacial score (nSPS) is 12.3. The van der Waals surface area contributed by atoms with Gasteiger partial charge in [0.05, 0.1) is 5.71 Å². The molecule has 0 amide bonds. The van der Waals surface area contributed by atoms with Gasteiger partial charge in [-0.1, -0.05) is 50.6 Å². The van der Waals surface area contributed by atoms with Crippen molar-refractivity contribution in [3.63, 3.8) is 0 Å². The molecule has 2 N–H and O–H groups in total. The van der Waals surface area contributed by atoms with Crippen LogP contribution in [0.5, 0.6) is 0 Å². The van der Waals surface area contributed by atoms with Crippen molar-refractivity contribution < 1.29 is 0 Å². The molecule has 0 saturated carbocycles. The number of rotatable bonds is 3. The zero-order valence-corrected chi connectivity index (χ0v) is 13.6. The van der Waals surface area contributed by atoms with Gasteiger partial charge in [-0.05, 0) is 19.4 Å². The minimum atomic E-state index is -0.347. The number of hydrazone groups is 1. The van der Waals surface area contributed by atoms with Crippen LogP contribution < -0.4 is 11.0 Å². The summed E-state index contributed by atoms with van der Waals surface area (Å²) in [5.74, 6) is 0.226. The molecule has 0 radical (unpaired) electrons. The van der Waals surface area contributed by atoms with Gasteiger partial charge in [-0.25, -0.2) is 5.43 Å². The van der Waals surface area contributed by atoms with Gasteiger partial charge in [0, 0.05) is 5.41 Å². The summed E-state index contributed by atoms with van der Waals surface area (Å²) < 4.78 is 0. The van der Waals surface area contributed by atoms with Crippen LogP contribution in [-0.2, 0) is 5.41 Å². The van der Waals surface area contributed by atoms with Crippen LogP contribution in [0, 0.1) is 6.92 Å². The van der Waals surface area contributed by atoms with Gasteiger partial charge >= 0.3 is 0 Å². The van der Waals surface area contributed by atoms with Crippen molar-refractivity contribution in [3.8, 4) is 0 Å². The molecule has 2 rings (SSSR count). The third-order valence-electron chi connectivity index (χ3n) is 3.21. The second kappa shape index (κ2) is 6.09. The van der Waals surface area contributed by atoms with E-state index in [1.165, 1.54) is 5.56 Å². The number of aromatic nitrogens is 3. The summed E-state index contributed by atoms with van der Waals surface area (Å²) >= 11 is 0. The van der Waals surface area contributed by atoms with E-state index in [1.54, 1.807) is 0 Å². The second-order valence-corrected chi connectivity index (χ2v) is 6.28. The van der Waals surface area contributed by atoms with Gasteiger partial charge in [-0.3, -0.25) is 9.78 Å². The highest BCUT2D eigenvalue weighted by Crippen LogP contribution is 2.15. The molecular formula is C16H21N5O. The number of hydrogen-bond donors (Lipinski definition) is 2. The van der Waals surface area contributed by atoms with Crippen molar-refractivity contribution in [1.82, 2.24) is 15.2 Å². The van der Waals surface area contributed by atoms with Crippen molar-refractivity contribution in [1.29, 1.82) is 0 Å². The topological polar surface area (TPSA) is 83.0 Å². The molecule has 22 heavy (non-hydrogen) atoms. The fourth-order valence-corrected chi connectivity index (χ4v) is 1.87. The molecule has 0 fully saturated rings. The van der Waals surface area contributed by atoms with Crippen molar-refractivity contribution in [2.24, 2.45) is 5.10 Å². The van der Waals surface area contributed by atoms with Crippen LogP contribution >= 0.6 is 0 Å².